The van der Waals surface area contributed by atoms with E-state index in [4.69, 9.17) is 25.4 Å². The molecule has 3 saturated carbocycles. The minimum atomic E-state index is -0.943. The van der Waals surface area contributed by atoms with E-state index in [1.165, 1.54) is 6.42 Å². The first-order valence-corrected chi connectivity index (χ1v) is 11.6. The normalized spacial score (nSPS) is 55.1. The van der Waals surface area contributed by atoms with Crippen molar-refractivity contribution in [3.63, 3.8) is 0 Å². The molecule has 0 aromatic heterocycles. The molecular formula is C24H36O5. The average Bonchev–Trinajstić information content (AvgIpc) is 3.02. The van der Waals surface area contributed by atoms with E-state index in [1.807, 2.05) is 6.92 Å². The van der Waals surface area contributed by atoms with E-state index >= 15 is 0 Å². The molecule has 0 aromatic rings. The van der Waals surface area contributed by atoms with Crippen molar-refractivity contribution in [3.8, 4) is 12.3 Å². The summed E-state index contributed by atoms with van der Waals surface area (Å²) in [4.78, 5) is 0. The van der Waals surface area contributed by atoms with Crippen LogP contribution in [0.3, 0.4) is 0 Å². The minimum absolute atomic E-state index is 0.0521. The second kappa shape index (κ2) is 7.21. The summed E-state index contributed by atoms with van der Waals surface area (Å²) in [6.45, 7) is 6.64. The molecule has 9 atom stereocenters. The molecule has 5 heteroatoms. The van der Waals surface area contributed by atoms with Gasteiger partial charge in [-0.1, -0.05) is 12.8 Å². The Bertz CT molecular complexity index is 675. The highest BCUT2D eigenvalue weighted by Crippen LogP contribution is 2.64. The summed E-state index contributed by atoms with van der Waals surface area (Å²) >= 11 is 0. The van der Waals surface area contributed by atoms with Gasteiger partial charge < -0.3 is 24.1 Å². The first kappa shape index (κ1) is 20.3. The van der Waals surface area contributed by atoms with Crippen molar-refractivity contribution in [2.24, 2.45) is 29.1 Å². The van der Waals surface area contributed by atoms with Crippen LogP contribution in [0, 0.1) is 41.4 Å². The summed E-state index contributed by atoms with van der Waals surface area (Å²) < 4.78 is 24.7. The number of aliphatic hydroxyl groups is 1. The highest BCUT2D eigenvalue weighted by atomic mass is 16.7. The van der Waals surface area contributed by atoms with E-state index in [0.29, 0.717) is 50.1 Å². The molecule has 5 fully saturated rings. The Kier molecular flexibility index (Phi) is 5.04. The molecule has 5 rings (SSSR count). The first-order valence-electron chi connectivity index (χ1n) is 11.6. The van der Waals surface area contributed by atoms with Crippen LogP contribution in [0.4, 0.5) is 0 Å². The second-order valence-corrected chi connectivity index (χ2v) is 10.4. The maximum absolute atomic E-state index is 11.2. The maximum Gasteiger partial charge on any atom is 0.191 e. The van der Waals surface area contributed by atoms with Gasteiger partial charge in [0.2, 0.25) is 0 Å². The summed E-state index contributed by atoms with van der Waals surface area (Å²) in [6.07, 6.45) is 13.1. The predicted octanol–water partition coefficient (Wildman–Crippen LogP) is 3.14. The number of terminal acetylenes is 1. The molecule has 3 unspecified atom stereocenters. The zero-order chi connectivity index (χ0) is 20.3. The third-order valence-electron chi connectivity index (χ3n) is 9.36. The van der Waals surface area contributed by atoms with Gasteiger partial charge in [0.25, 0.3) is 0 Å². The van der Waals surface area contributed by atoms with E-state index in [9.17, 15) is 5.11 Å². The van der Waals surface area contributed by atoms with Crippen LogP contribution >= 0.6 is 0 Å². The fourth-order valence-electron chi connectivity index (χ4n) is 7.68. The molecule has 5 nitrogen and oxygen atoms in total. The highest BCUT2D eigenvalue weighted by Gasteiger charge is 2.62. The van der Waals surface area contributed by atoms with Gasteiger partial charge in [-0.3, -0.25) is 0 Å². The molecule has 0 bridgehead atoms. The van der Waals surface area contributed by atoms with Gasteiger partial charge in [0, 0.05) is 5.41 Å². The van der Waals surface area contributed by atoms with Crippen LogP contribution in [0.2, 0.25) is 0 Å². The number of hydrogen-bond donors (Lipinski definition) is 1. The zero-order valence-corrected chi connectivity index (χ0v) is 17.9. The molecule has 0 radical (unpaired) electrons. The third kappa shape index (κ3) is 3.02. The molecule has 0 amide bonds. The van der Waals surface area contributed by atoms with Crippen LogP contribution in [0.5, 0.6) is 0 Å². The SMILES string of the molecule is C#C[C@]1(O)CC[C@H]2[C@@H]3CCC4OCCOC5(C)OCCOC5C[C@@H]4[C@H]3CC[C@@]21C. The van der Waals surface area contributed by atoms with E-state index in [0.717, 1.165) is 38.5 Å². The van der Waals surface area contributed by atoms with Crippen molar-refractivity contribution in [2.75, 3.05) is 26.4 Å². The third-order valence-corrected chi connectivity index (χ3v) is 9.36. The van der Waals surface area contributed by atoms with Gasteiger partial charge in [0.05, 0.1) is 32.5 Å². The Morgan fingerprint density at radius 2 is 1.62 bits per heavy atom. The molecule has 162 valence electrons. The van der Waals surface area contributed by atoms with Gasteiger partial charge in [0.15, 0.2) is 5.79 Å². The van der Waals surface area contributed by atoms with Crippen LogP contribution < -0.4 is 0 Å². The van der Waals surface area contributed by atoms with Crippen molar-refractivity contribution in [3.05, 3.63) is 0 Å². The predicted molar refractivity (Wildman–Crippen MR) is 108 cm³/mol. The average molecular weight is 405 g/mol. The van der Waals surface area contributed by atoms with Crippen molar-refractivity contribution in [2.45, 2.75) is 82.4 Å². The van der Waals surface area contributed by atoms with Crippen molar-refractivity contribution < 1.29 is 24.1 Å². The van der Waals surface area contributed by atoms with Crippen molar-refractivity contribution >= 4 is 0 Å². The van der Waals surface area contributed by atoms with E-state index < -0.39 is 11.4 Å². The zero-order valence-electron chi connectivity index (χ0n) is 17.9. The quantitative estimate of drug-likeness (QED) is 0.629. The summed E-state index contributed by atoms with van der Waals surface area (Å²) in [5.74, 6) is 4.26. The summed E-state index contributed by atoms with van der Waals surface area (Å²) in [7, 11) is 0. The standard InChI is InChI=1S/C24H36O5/c1-4-24(25)10-8-19-17-5-6-20-18(16(17)7-9-22(19,24)2)15-21-23(3,28-13-11-26-20)29-14-12-27-21/h1,16-21,25H,5-15H2,2-3H3/t16-,17+,18+,19-,20?,21?,22-,23?,24-/m0/s1. The molecule has 5 aliphatic rings. The molecule has 3 aliphatic carbocycles. The van der Waals surface area contributed by atoms with Crippen molar-refractivity contribution in [1.82, 2.24) is 0 Å². The van der Waals surface area contributed by atoms with Crippen molar-refractivity contribution in [1.29, 1.82) is 0 Å². The molecular weight excluding hydrogens is 368 g/mol. The van der Waals surface area contributed by atoms with Crippen LogP contribution in [0.1, 0.15) is 58.8 Å². The smallest absolute Gasteiger partial charge is 0.191 e. The van der Waals surface area contributed by atoms with E-state index in [2.05, 4.69) is 12.8 Å². The lowest BCUT2D eigenvalue weighted by atomic mass is 9.51. The van der Waals surface area contributed by atoms with Gasteiger partial charge in [-0.05, 0) is 75.5 Å². The Morgan fingerprint density at radius 1 is 0.862 bits per heavy atom. The summed E-state index contributed by atoms with van der Waals surface area (Å²) in [6, 6.07) is 0. The fraction of sp³-hybridized carbons (Fsp3) is 0.917. The van der Waals surface area contributed by atoms with Gasteiger partial charge in [-0.2, -0.15) is 0 Å². The molecule has 2 saturated heterocycles. The first-order chi connectivity index (χ1) is 13.9. The fourth-order valence-corrected chi connectivity index (χ4v) is 7.68. The molecule has 1 N–H and O–H groups in total. The van der Waals surface area contributed by atoms with Crippen LogP contribution in [0.15, 0.2) is 0 Å². The highest BCUT2D eigenvalue weighted by molar-refractivity contribution is 5.23. The van der Waals surface area contributed by atoms with Gasteiger partial charge in [-0.25, -0.2) is 0 Å². The number of fused-ring (bicyclic) bond motifs is 6. The Labute approximate surface area is 174 Å². The Balaban J connectivity index is 1.42. The van der Waals surface area contributed by atoms with Crippen LogP contribution in [-0.2, 0) is 18.9 Å². The topological polar surface area (TPSA) is 57.2 Å². The summed E-state index contributed by atoms with van der Waals surface area (Å²) in [5.41, 5.74) is -1.10. The number of ether oxygens (including phenoxy) is 4. The Morgan fingerprint density at radius 3 is 2.38 bits per heavy atom. The van der Waals surface area contributed by atoms with Crippen LogP contribution in [-0.4, -0.2) is 55.1 Å². The maximum atomic E-state index is 11.2. The molecule has 2 heterocycles. The second-order valence-electron chi connectivity index (χ2n) is 10.4. The summed E-state index contributed by atoms with van der Waals surface area (Å²) in [5, 5.41) is 11.2. The lowest BCUT2D eigenvalue weighted by Crippen LogP contribution is -2.56. The molecule has 0 aromatic carbocycles. The Hall–Kier alpha value is -0.640. The number of hydrogen-bond acceptors (Lipinski definition) is 5. The lowest BCUT2D eigenvalue weighted by molar-refractivity contribution is -0.318. The van der Waals surface area contributed by atoms with Gasteiger partial charge in [-0.15, -0.1) is 6.42 Å². The van der Waals surface area contributed by atoms with Crippen LogP contribution in [0.25, 0.3) is 0 Å². The molecule has 0 spiro atoms. The monoisotopic (exact) mass is 404 g/mol. The minimum Gasteiger partial charge on any atom is -0.377 e. The largest absolute Gasteiger partial charge is 0.377 e. The van der Waals surface area contributed by atoms with E-state index in [-0.39, 0.29) is 17.6 Å². The molecule has 2 aliphatic heterocycles. The number of rotatable bonds is 0. The van der Waals surface area contributed by atoms with Gasteiger partial charge >= 0.3 is 0 Å². The lowest BCUT2D eigenvalue weighted by Gasteiger charge is -2.55. The van der Waals surface area contributed by atoms with Gasteiger partial charge in [0.1, 0.15) is 11.7 Å². The van der Waals surface area contributed by atoms with E-state index in [1.54, 1.807) is 0 Å². The molecule has 29 heavy (non-hydrogen) atoms.